The Morgan fingerprint density at radius 3 is 2.61 bits per heavy atom. The average molecular weight is 249 g/mol. The summed E-state index contributed by atoms with van der Waals surface area (Å²) >= 11 is 0. The lowest BCUT2D eigenvalue weighted by Crippen LogP contribution is -2.19. The molecule has 0 radical (unpaired) electrons. The van der Waals surface area contributed by atoms with E-state index in [0.717, 1.165) is 23.0 Å². The van der Waals surface area contributed by atoms with Crippen molar-refractivity contribution in [1.29, 1.82) is 0 Å². The highest BCUT2D eigenvalue weighted by Gasteiger charge is 2.16. The summed E-state index contributed by atoms with van der Waals surface area (Å²) in [7, 11) is 5.42. The van der Waals surface area contributed by atoms with E-state index in [1.165, 1.54) is 0 Å². The van der Waals surface area contributed by atoms with Crippen molar-refractivity contribution in [2.75, 3.05) is 21.2 Å². The summed E-state index contributed by atoms with van der Waals surface area (Å²) in [6.07, 6.45) is 2.81. The van der Waals surface area contributed by atoms with Crippen LogP contribution in [-0.4, -0.2) is 37.2 Å². The van der Waals surface area contributed by atoms with Crippen LogP contribution < -0.4 is 4.74 Å². The van der Waals surface area contributed by atoms with Crippen LogP contribution in [0.5, 0.6) is 5.75 Å². The van der Waals surface area contributed by atoms with E-state index in [0.29, 0.717) is 0 Å². The molecule has 0 aromatic heterocycles. The maximum absolute atomic E-state index is 10.6. The normalized spacial score (nSPS) is 12.9. The minimum atomic E-state index is -0.950. The summed E-state index contributed by atoms with van der Waals surface area (Å²) in [6, 6.07) is 5.75. The summed E-state index contributed by atoms with van der Waals surface area (Å²) in [5.74, 6) is -0.192. The second-order valence-electron chi connectivity index (χ2n) is 4.35. The van der Waals surface area contributed by atoms with Crippen molar-refractivity contribution >= 4 is 5.97 Å². The van der Waals surface area contributed by atoms with Gasteiger partial charge >= 0.3 is 5.97 Å². The molecule has 0 aliphatic heterocycles. The van der Waals surface area contributed by atoms with Crippen LogP contribution in [-0.2, 0) is 4.79 Å². The first-order valence-electron chi connectivity index (χ1n) is 5.67. The third-order valence-electron chi connectivity index (χ3n) is 2.68. The Bertz CT molecular complexity index is 452. The molecule has 1 aromatic rings. The SMILES string of the molecule is COc1ccc(C)cc1C(/C=C/C(=O)O)N(C)C. The minimum absolute atomic E-state index is 0.129. The summed E-state index contributed by atoms with van der Waals surface area (Å²) in [6.45, 7) is 2.00. The summed E-state index contributed by atoms with van der Waals surface area (Å²) in [5.41, 5.74) is 2.07. The minimum Gasteiger partial charge on any atom is -0.496 e. The average Bonchev–Trinajstić information content (AvgIpc) is 2.28. The number of aryl methyl sites for hydroxylation is 1. The van der Waals surface area contributed by atoms with E-state index in [1.807, 2.05) is 44.1 Å². The zero-order valence-corrected chi connectivity index (χ0v) is 11.2. The van der Waals surface area contributed by atoms with Crippen LogP contribution in [0.1, 0.15) is 17.2 Å². The van der Waals surface area contributed by atoms with Crippen LogP contribution in [0, 0.1) is 6.92 Å². The monoisotopic (exact) mass is 249 g/mol. The van der Waals surface area contributed by atoms with Gasteiger partial charge in [0.2, 0.25) is 0 Å². The molecule has 4 nitrogen and oxygen atoms in total. The summed E-state index contributed by atoms with van der Waals surface area (Å²) in [5, 5.41) is 8.74. The van der Waals surface area contributed by atoms with Crippen LogP contribution >= 0.6 is 0 Å². The first-order chi connectivity index (χ1) is 8.45. The molecular weight excluding hydrogens is 230 g/mol. The van der Waals surface area contributed by atoms with Crippen molar-refractivity contribution in [3.8, 4) is 5.75 Å². The molecule has 0 amide bonds. The molecule has 0 bridgehead atoms. The molecule has 1 aromatic carbocycles. The van der Waals surface area contributed by atoms with E-state index in [9.17, 15) is 4.79 Å². The first kappa shape index (κ1) is 14.3. The molecule has 0 fully saturated rings. The number of aliphatic carboxylic acids is 1. The smallest absolute Gasteiger partial charge is 0.328 e. The number of carboxylic acid groups (broad SMARTS) is 1. The number of hydrogen-bond acceptors (Lipinski definition) is 3. The molecule has 1 unspecified atom stereocenters. The number of likely N-dealkylation sites (N-methyl/N-ethyl adjacent to an activating group) is 1. The second-order valence-corrected chi connectivity index (χ2v) is 4.35. The number of nitrogens with zero attached hydrogens (tertiary/aromatic N) is 1. The van der Waals surface area contributed by atoms with Gasteiger partial charge < -0.3 is 9.84 Å². The van der Waals surface area contributed by atoms with E-state index >= 15 is 0 Å². The Morgan fingerprint density at radius 1 is 1.44 bits per heavy atom. The molecule has 1 atom stereocenters. The van der Waals surface area contributed by atoms with Gasteiger partial charge in [0.05, 0.1) is 13.2 Å². The highest BCUT2D eigenvalue weighted by molar-refractivity contribution is 5.79. The predicted octanol–water partition coefficient (Wildman–Crippen LogP) is 2.25. The van der Waals surface area contributed by atoms with E-state index in [1.54, 1.807) is 13.2 Å². The summed E-state index contributed by atoms with van der Waals surface area (Å²) in [4.78, 5) is 12.6. The fraction of sp³-hybridized carbons (Fsp3) is 0.357. The van der Waals surface area contributed by atoms with Gasteiger partial charge in [0.15, 0.2) is 0 Å². The molecule has 4 heteroatoms. The zero-order valence-electron chi connectivity index (χ0n) is 11.2. The van der Waals surface area contributed by atoms with Gasteiger partial charge in [-0.1, -0.05) is 23.8 Å². The van der Waals surface area contributed by atoms with Gasteiger partial charge in [0, 0.05) is 11.6 Å². The van der Waals surface area contributed by atoms with Gasteiger partial charge in [-0.2, -0.15) is 0 Å². The van der Waals surface area contributed by atoms with Gasteiger partial charge in [-0.05, 0) is 27.1 Å². The molecule has 0 spiro atoms. The molecule has 0 heterocycles. The zero-order chi connectivity index (χ0) is 13.7. The largest absolute Gasteiger partial charge is 0.496 e. The van der Waals surface area contributed by atoms with Crippen molar-refractivity contribution in [3.05, 3.63) is 41.5 Å². The van der Waals surface area contributed by atoms with E-state index < -0.39 is 5.97 Å². The number of rotatable bonds is 5. The Morgan fingerprint density at radius 2 is 2.11 bits per heavy atom. The number of carboxylic acids is 1. The van der Waals surface area contributed by atoms with Gasteiger partial charge in [-0.25, -0.2) is 4.79 Å². The van der Waals surface area contributed by atoms with E-state index in [2.05, 4.69) is 0 Å². The van der Waals surface area contributed by atoms with Crippen molar-refractivity contribution in [3.63, 3.8) is 0 Å². The number of hydrogen-bond donors (Lipinski definition) is 1. The topological polar surface area (TPSA) is 49.8 Å². The Balaban J connectivity index is 3.20. The standard InChI is InChI=1S/C14H19NO3/c1-10-5-7-13(18-4)11(9-10)12(15(2)3)6-8-14(16)17/h5-9,12H,1-4H3,(H,16,17)/b8-6+. The molecule has 98 valence electrons. The van der Waals surface area contributed by atoms with Crippen LogP contribution in [0.25, 0.3) is 0 Å². The maximum Gasteiger partial charge on any atom is 0.328 e. The summed E-state index contributed by atoms with van der Waals surface area (Å²) < 4.78 is 5.33. The number of ether oxygens (including phenoxy) is 1. The fourth-order valence-electron chi connectivity index (χ4n) is 1.81. The molecule has 1 N–H and O–H groups in total. The van der Waals surface area contributed by atoms with Crippen molar-refractivity contribution in [2.45, 2.75) is 13.0 Å². The molecule has 1 rings (SSSR count). The number of methoxy groups -OCH3 is 1. The highest BCUT2D eigenvalue weighted by Crippen LogP contribution is 2.30. The molecule has 0 saturated heterocycles. The highest BCUT2D eigenvalue weighted by atomic mass is 16.5. The Kier molecular flexibility index (Phi) is 4.92. The number of benzene rings is 1. The van der Waals surface area contributed by atoms with Gasteiger partial charge in [-0.3, -0.25) is 4.90 Å². The van der Waals surface area contributed by atoms with E-state index in [4.69, 9.17) is 9.84 Å². The van der Waals surface area contributed by atoms with Crippen LogP contribution in [0.3, 0.4) is 0 Å². The quantitative estimate of drug-likeness (QED) is 0.813. The Labute approximate surface area is 107 Å². The predicted molar refractivity (Wildman–Crippen MR) is 70.9 cm³/mol. The van der Waals surface area contributed by atoms with Crippen molar-refractivity contribution in [1.82, 2.24) is 4.90 Å². The van der Waals surface area contributed by atoms with Gasteiger partial charge in [0.25, 0.3) is 0 Å². The molecule has 0 saturated carbocycles. The Hall–Kier alpha value is -1.81. The third-order valence-corrected chi connectivity index (χ3v) is 2.68. The lowest BCUT2D eigenvalue weighted by Gasteiger charge is -2.23. The number of carbonyl (C=O) groups is 1. The molecule has 18 heavy (non-hydrogen) atoms. The van der Waals surface area contributed by atoms with Crippen LogP contribution in [0.2, 0.25) is 0 Å². The lowest BCUT2D eigenvalue weighted by molar-refractivity contribution is -0.131. The second kappa shape index (κ2) is 6.21. The van der Waals surface area contributed by atoms with Gasteiger partial charge in [-0.15, -0.1) is 0 Å². The molecule has 0 aliphatic rings. The van der Waals surface area contributed by atoms with E-state index in [-0.39, 0.29) is 6.04 Å². The van der Waals surface area contributed by atoms with Crippen molar-refractivity contribution in [2.24, 2.45) is 0 Å². The maximum atomic E-state index is 10.6. The van der Waals surface area contributed by atoms with Gasteiger partial charge in [0.1, 0.15) is 5.75 Å². The molecular formula is C14H19NO3. The third kappa shape index (κ3) is 3.60. The lowest BCUT2D eigenvalue weighted by atomic mass is 10.0. The fourth-order valence-corrected chi connectivity index (χ4v) is 1.81. The van der Waals surface area contributed by atoms with Crippen LogP contribution in [0.4, 0.5) is 0 Å². The molecule has 0 aliphatic carbocycles. The van der Waals surface area contributed by atoms with Crippen molar-refractivity contribution < 1.29 is 14.6 Å². The first-order valence-corrected chi connectivity index (χ1v) is 5.67. The van der Waals surface area contributed by atoms with Crippen LogP contribution in [0.15, 0.2) is 30.4 Å².